The number of rotatable bonds is 5. The molecule has 2 aromatic carbocycles. The maximum Gasteiger partial charge on any atom is 0.142 e. The normalized spacial score (nSPS) is 24.3. The van der Waals surface area contributed by atoms with Gasteiger partial charge in [0, 0.05) is 51.9 Å². The molecule has 0 aromatic heterocycles. The quantitative estimate of drug-likeness (QED) is 0.876. The number of hydrogen-bond acceptors (Lipinski definition) is 5. The number of ether oxygens (including phenoxy) is 1. The van der Waals surface area contributed by atoms with Crippen LogP contribution in [-0.4, -0.2) is 73.4 Å². The van der Waals surface area contributed by atoms with Gasteiger partial charge in [-0.05, 0) is 17.7 Å². The third-order valence-corrected chi connectivity index (χ3v) is 5.79. The summed E-state index contributed by atoms with van der Waals surface area (Å²) in [7, 11) is 1.73. The van der Waals surface area contributed by atoms with E-state index in [1.165, 1.54) is 5.56 Å². The summed E-state index contributed by atoms with van der Waals surface area (Å²) >= 11 is 0. The van der Waals surface area contributed by atoms with Crippen molar-refractivity contribution in [2.45, 2.75) is 18.7 Å². The molecule has 0 amide bonds. The lowest BCUT2D eigenvalue weighted by atomic mass is 10.1. The van der Waals surface area contributed by atoms with Crippen molar-refractivity contribution in [1.82, 2.24) is 9.80 Å². The number of methoxy groups -OCH3 is 1. The molecule has 4 rings (SSSR count). The van der Waals surface area contributed by atoms with E-state index in [9.17, 15) is 5.11 Å². The van der Waals surface area contributed by atoms with Gasteiger partial charge in [0.25, 0.3) is 0 Å². The Morgan fingerprint density at radius 1 is 0.926 bits per heavy atom. The standard InChI is InChI=1S/C22H29N3O2/c1-27-22-10-6-5-9-19(22)24-11-13-25(14-12-24)20-16-23(17-21(20)26)15-18-7-3-2-4-8-18/h2-10,20-21,26H,11-17H2,1H3. The van der Waals surface area contributed by atoms with Crippen LogP contribution in [0.3, 0.4) is 0 Å². The average molecular weight is 367 g/mol. The Kier molecular flexibility index (Phi) is 5.62. The molecule has 144 valence electrons. The van der Waals surface area contributed by atoms with Crippen LogP contribution < -0.4 is 9.64 Å². The van der Waals surface area contributed by atoms with Crippen molar-refractivity contribution in [2.24, 2.45) is 0 Å². The van der Waals surface area contributed by atoms with E-state index in [1.54, 1.807) is 7.11 Å². The molecule has 27 heavy (non-hydrogen) atoms. The van der Waals surface area contributed by atoms with E-state index >= 15 is 0 Å². The molecule has 2 aliphatic rings. The van der Waals surface area contributed by atoms with Crippen LogP contribution in [0.4, 0.5) is 5.69 Å². The van der Waals surface area contributed by atoms with Crippen molar-refractivity contribution < 1.29 is 9.84 Å². The smallest absolute Gasteiger partial charge is 0.142 e. The van der Waals surface area contributed by atoms with Gasteiger partial charge < -0.3 is 14.7 Å². The average Bonchev–Trinajstić information content (AvgIpc) is 3.09. The van der Waals surface area contributed by atoms with Gasteiger partial charge in [-0.15, -0.1) is 0 Å². The Hall–Kier alpha value is -2.08. The molecule has 0 aliphatic carbocycles. The number of likely N-dealkylation sites (tertiary alicyclic amines) is 1. The first-order chi connectivity index (χ1) is 13.2. The first-order valence-electron chi connectivity index (χ1n) is 9.81. The second kappa shape index (κ2) is 8.30. The minimum absolute atomic E-state index is 0.230. The van der Waals surface area contributed by atoms with E-state index in [0.717, 1.165) is 57.3 Å². The SMILES string of the molecule is COc1ccccc1N1CCN(C2CN(Cc3ccccc3)CC2O)CC1. The zero-order valence-electron chi connectivity index (χ0n) is 16.0. The van der Waals surface area contributed by atoms with E-state index in [1.807, 2.05) is 18.2 Å². The van der Waals surface area contributed by atoms with Crippen LogP contribution >= 0.6 is 0 Å². The lowest BCUT2D eigenvalue weighted by molar-refractivity contribution is 0.0790. The number of hydrogen-bond donors (Lipinski definition) is 1. The molecule has 2 atom stereocenters. The molecular formula is C22H29N3O2. The van der Waals surface area contributed by atoms with E-state index in [-0.39, 0.29) is 12.1 Å². The van der Waals surface area contributed by atoms with Crippen molar-refractivity contribution >= 4 is 5.69 Å². The molecule has 0 spiro atoms. The number of benzene rings is 2. The topological polar surface area (TPSA) is 39.2 Å². The zero-order chi connectivity index (χ0) is 18.6. The second-order valence-electron chi connectivity index (χ2n) is 7.51. The van der Waals surface area contributed by atoms with Crippen molar-refractivity contribution in [3.8, 4) is 5.75 Å². The van der Waals surface area contributed by atoms with Gasteiger partial charge >= 0.3 is 0 Å². The molecule has 2 aliphatic heterocycles. The van der Waals surface area contributed by atoms with Gasteiger partial charge in [-0.3, -0.25) is 9.80 Å². The number of aliphatic hydroxyl groups excluding tert-OH is 1. The van der Waals surface area contributed by atoms with Crippen LogP contribution in [0.15, 0.2) is 54.6 Å². The number of anilines is 1. The van der Waals surface area contributed by atoms with Crippen LogP contribution in [-0.2, 0) is 6.54 Å². The minimum atomic E-state index is -0.272. The number of piperazine rings is 1. The lowest BCUT2D eigenvalue weighted by Crippen LogP contribution is -2.53. The summed E-state index contributed by atoms with van der Waals surface area (Å²) < 4.78 is 5.51. The maximum absolute atomic E-state index is 10.6. The van der Waals surface area contributed by atoms with Crippen LogP contribution in [0.1, 0.15) is 5.56 Å². The Labute approximate surface area is 161 Å². The Morgan fingerprint density at radius 2 is 1.63 bits per heavy atom. The van der Waals surface area contributed by atoms with E-state index < -0.39 is 0 Å². The number of aliphatic hydroxyl groups is 1. The maximum atomic E-state index is 10.6. The van der Waals surface area contributed by atoms with Crippen molar-refractivity contribution in [1.29, 1.82) is 0 Å². The van der Waals surface area contributed by atoms with Gasteiger partial charge in [0.1, 0.15) is 5.75 Å². The predicted octanol–water partition coefficient (Wildman–Crippen LogP) is 2.06. The fourth-order valence-corrected chi connectivity index (χ4v) is 4.36. The van der Waals surface area contributed by atoms with Gasteiger partial charge in [-0.25, -0.2) is 0 Å². The van der Waals surface area contributed by atoms with Gasteiger partial charge in [-0.1, -0.05) is 42.5 Å². The van der Waals surface area contributed by atoms with Crippen LogP contribution in [0.2, 0.25) is 0 Å². The highest BCUT2D eigenvalue weighted by Gasteiger charge is 2.36. The molecule has 2 unspecified atom stereocenters. The highest BCUT2D eigenvalue weighted by Crippen LogP contribution is 2.29. The first-order valence-corrected chi connectivity index (χ1v) is 9.81. The fraction of sp³-hybridized carbons (Fsp3) is 0.455. The third-order valence-electron chi connectivity index (χ3n) is 5.79. The van der Waals surface area contributed by atoms with Crippen LogP contribution in [0.25, 0.3) is 0 Å². The summed E-state index contributed by atoms with van der Waals surface area (Å²) in [4.78, 5) is 7.22. The molecule has 5 nitrogen and oxygen atoms in total. The van der Waals surface area contributed by atoms with Gasteiger partial charge in [0.2, 0.25) is 0 Å². The monoisotopic (exact) mass is 367 g/mol. The largest absolute Gasteiger partial charge is 0.495 e. The summed E-state index contributed by atoms with van der Waals surface area (Å²) in [5, 5.41) is 10.6. The molecule has 2 fully saturated rings. The molecule has 2 aromatic rings. The van der Waals surface area contributed by atoms with Crippen LogP contribution in [0.5, 0.6) is 5.75 Å². The minimum Gasteiger partial charge on any atom is -0.495 e. The van der Waals surface area contributed by atoms with Crippen LogP contribution in [0, 0.1) is 0 Å². The summed E-state index contributed by atoms with van der Waals surface area (Å²) in [6, 6.07) is 19.0. The molecule has 2 heterocycles. The molecule has 2 saturated heterocycles. The summed E-state index contributed by atoms with van der Waals surface area (Å²) in [6.07, 6.45) is -0.272. The summed E-state index contributed by atoms with van der Waals surface area (Å²) in [5.41, 5.74) is 2.48. The Morgan fingerprint density at radius 3 is 2.37 bits per heavy atom. The highest BCUT2D eigenvalue weighted by atomic mass is 16.5. The number of para-hydroxylation sites is 2. The van der Waals surface area contributed by atoms with E-state index in [2.05, 4.69) is 51.1 Å². The predicted molar refractivity (Wildman–Crippen MR) is 108 cm³/mol. The Balaban J connectivity index is 1.34. The molecule has 1 N–H and O–H groups in total. The summed E-state index contributed by atoms with van der Waals surface area (Å²) in [6.45, 7) is 6.47. The van der Waals surface area contributed by atoms with E-state index in [4.69, 9.17) is 4.74 Å². The fourth-order valence-electron chi connectivity index (χ4n) is 4.36. The Bertz CT molecular complexity index is 731. The highest BCUT2D eigenvalue weighted by molar-refractivity contribution is 5.58. The van der Waals surface area contributed by atoms with Crippen molar-refractivity contribution in [2.75, 3.05) is 51.3 Å². The lowest BCUT2D eigenvalue weighted by Gasteiger charge is -2.40. The molecule has 0 radical (unpaired) electrons. The van der Waals surface area contributed by atoms with Gasteiger partial charge in [0.15, 0.2) is 0 Å². The molecule has 0 bridgehead atoms. The number of β-amino-alcohol motifs (C(OH)–C–C–N with tert-alkyl or cyclic N) is 1. The van der Waals surface area contributed by atoms with E-state index in [0.29, 0.717) is 0 Å². The first kappa shape index (κ1) is 18.3. The van der Waals surface area contributed by atoms with Crippen molar-refractivity contribution in [3.05, 3.63) is 60.2 Å². The van der Waals surface area contributed by atoms with Crippen molar-refractivity contribution in [3.63, 3.8) is 0 Å². The summed E-state index contributed by atoms with van der Waals surface area (Å²) in [5.74, 6) is 0.931. The third kappa shape index (κ3) is 4.10. The second-order valence-corrected chi connectivity index (χ2v) is 7.51. The van der Waals surface area contributed by atoms with Gasteiger partial charge in [-0.2, -0.15) is 0 Å². The molecule has 5 heteroatoms. The van der Waals surface area contributed by atoms with Gasteiger partial charge in [0.05, 0.1) is 18.9 Å². The zero-order valence-corrected chi connectivity index (χ0v) is 16.0. The number of nitrogens with zero attached hydrogens (tertiary/aromatic N) is 3. The molecular weight excluding hydrogens is 338 g/mol. The molecule has 0 saturated carbocycles.